The van der Waals surface area contributed by atoms with E-state index in [-0.39, 0.29) is 48.3 Å². The Labute approximate surface area is 295 Å². The van der Waals surface area contributed by atoms with Gasteiger partial charge in [0.2, 0.25) is 5.91 Å². The summed E-state index contributed by atoms with van der Waals surface area (Å²) >= 11 is 0. The van der Waals surface area contributed by atoms with E-state index in [2.05, 4.69) is 37.6 Å². The fraction of sp³-hybridized carbons (Fsp3) is 0.444. The van der Waals surface area contributed by atoms with Crippen LogP contribution in [0.25, 0.3) is 0 Å². The number of hydrogen-bond donors (Lipinski definition) is 3. The number of halogens is 1. The highest BCUT2D eigenvalue weighted by molar-refractivity contribution is 6.05. The highest BCUT2D eigenvalue weighted by Crippen LogP contribution is 2.32. The van der Waals surface area contributed by atoms with E-state index < -0.39 is 11.9 Å². The number of amides is 6. The van der Waals surface area contributed by atoms with Crippen molar-refractivity contribution < 1.29 is 23.6 Å². The molecule has 1 aromatic heterocycles. The second-order valence-corrected chi connectivity index (χ2v) is 13.8. The van der Waals surface area contributed by atoms with E-state index in [9.17, 15) is 19.2 Å². The number of carbonyl (C=O) groups is 4. The number of imide groups is 1. The molecule has 0 bridgehead atoms. The van der Waals surface area contributed by atoms with Gasteiger partial charge in [0.05, 0.1) is 12.2 Å². The van der Waals surface area contributed by atoms with Gasteiger partial charge in [-0.3, -0.25) is 24.7 Å². The molecule has 51 heavy (non-hydrogen) atoms. The summed E-state index contributed by atoms with van der Waals surface area (Å²) in [5, 5.41) is 5.52. The van der Waals surface area contributed by atoms with Crippen LogP contribution in [0.4, 0.5) is 37.0 Å². The van der Waals surface area contributed by atoms with Crippen molar-refractivity contribution in [2.75, 3.05) is 68.0 Å². The molecule has 1 atom stereocenters. The summed E-state index contributed by atoms with van der Waals surface area (Å²) in [6.07, 6.45) is 5.44. The Morgan fingerprint density at radius 1 is 1.00 bits per heavy atom. The molecule has 4 saturated heterocycles. The largest absolute Gasteiger partial charge is 0.364 e. The molecule has 4 aliphatic heterocycles. The molecule has 6 amide bonds. The number of aromatic nitrogens is 2. The van der Waals surface area contributed by atoms with Gasteiger partial charge in [-0.15, -0.1) is 0 Å². The lowest BCUT2D eigenvalue weighted by Gasteiger charge is -2.37. The summed E-state index contributed by atoms with van der Waals surface area (Å²) in [5.74, 6) is -0.114. The van der Waals surface area contributed by atoms with E-state index in [1.807, 2.05) is 24.1 Å². The van der Waals surface area contributed by atoms with Crippen molar-refractivity contribution in [2.45, 2.75) is 50.6 Å². The predicted molar refractivity (Wildman–Crippen MR) is 189 cm³/mol. The maximum Gasteiger partial charge on any atom is 0.328 e. The van der Waals surface area contributed by atoms with Crippen molar-refractivity contribution in [1.82, 2.24) is 30.0 Å². The summed E-state index contributed by atoms with van der Waals surface area (Å²) in [4.78, 5) is 67.1. The van der Waals surface area contributed by atoms with Crippen LogP contribution in [0.2, 0.25) is 0 Å². The maximum absolute atomic E-state index is 15.1. The van der Waals surface area contributed by atoms with Crippen molar-refractivity contribution in [3.8, 4) is 0 Å². The lowest BCUT2D eigenvalue weighted by molar-refractivity contribution is -0.120. The number of likely N-dealkylation sites (tertiary alicyclic amines) is 1. The minimum atomic E-state index is -0.676. The minimum absolute atomic E-state index is 0.0537. The SMILES string of the molecule is CN1CCN([C@@H]2CCCN(c3cnc(C(N)=O)c(Nc4ccc(C5CCN(Cc6ccc(N7CCC(=O)NC7=O)cc6F)CC5)cc4)n3)C2)C1=O. The van der Waals surface area contributed by atoms with Gasteiger partial charge in [-0.1, -0.05) is 18.2 Å². The number of hydrogen-bond acceptors (Lipinski definition) is 9. The van der Waals surface area contributed by atoms with Gasteiger partial charge in [0, 0.05) is 69.7 Å². The van der Waals surface area contributed by atoms with Crippen LogP contribution in [-0.2, 0) is 11.3 Å². The second-order valence-electron chi connectivity index (χ2n) is 13.8. The minimum Gasteiger partial charge on any atom is -0.364 e. The lowest BCUT2D eigenvalue weighted by Crippen LogP contribution is -2.49. The standard InChI is InChI=1S/C36H43FN10O4/c1-43-17-18-47(36(43)51)28-3-2-13-45(22-28)30-20-39-32(33(38)49)34(41-30)40-26-7-4-23(5-8-26)24-10-14-44(15-11-24)21-25-6-9-27(19-29(25)37)46-16-12-31(48)42-35(46)50/h4-9,19-20,24,28H,2-3,10-18,21-22H2,1H3,(H2,38,49)(H,40,41)(H,42,48,50)/t28-/m1/s1. The maximum atomic E-state index is 15.1. The first-order chi connectivity index (χ1) is 24.6. The van der Waals surface area contributed by atoms with Crippen molar-refractivity contribution in [3.05, 3.63) is 71.3 Å². The molecule has 0 spiro atoms. The molecule has 14 nitrogen and oxygen atoms in total. The Balaban J connectivity index is 0.952. The van der Waals surface area contributed by atoms with Gasteiger partial charge >= 0.3 is 12.1 Å². The van der Waals surface area contributed by atoms with Crippen LogP contribution >= 0.6 is 0 Å². The van der Waals surface area contributed by atoms with Crippen LogP contribution in [0.1, 0.15) is 59.6 Å². The number of nitrogens with zero attached hydrogens (tertiary/aromatic N) is 7. The topological polar surface area (TPSA) is 160 Å². The molecular weight excluding hydrogens is 655 g/mol. The van der Waals surface area contributed by atoms with Crippen molar-refractivity contribution in [2.24, 2.45) is 5.73 Å². The zero-order valence-electron chi connectivity index (χ0n) is 28.7. The Hall–Kier alpha value is -5.31. The summed E-state index contributed by atoms with van der Waals surface area (Å²) in [6, 6.07) is 12.5. The van der Waals surface area contributed by atoms with Gasteiger partial charge in [-0.25, -0.2) is 23.9 Å². The van der Waals surface area contributed by atoms with Gasteiger partial charge in [0.15, 0.2) is 11.5 Å². The van der Waals surface area contributed by atoms with E-state index >= 15 is 4.39 Å². The predicted octanol–water partition coefficient (Wildman–Crippen LogP) is 3.62. The van der Waals surface area contributed by atoms with Gasteiger partial charge < -0.3 is 25.8 Å². The molecule has 268 valence electrons. The number of primary amides is 1. The van der Waals surface area contributed by atoms with Crippen molar-refractivity contribution >= 4 is 46.9 Å². The number of likely N-dealkylation sites (N-methyl/N-ethyl adjacent to an activating group) is 1. The third kappa shape index (κ3) is 7.43. The first kappa shape index (κ1) is 34.2. The quantitative estimate of drug-likeness (QED) is 0.303. The molecule has 15 heteroatoms. The Morgan fingerprint density at radius 3 is 2.47 bits per heavy atom. The molecule has 0 aliphatic carbocycles. The average molecular weight is 699 g/mol. The van der Waals surface area contributed by atoms with Gasteiger partial charge in [-0.2, -0.15) is 0 Å². The fourth-order valence-electron chi connectivity index (χ4n) is 7.51. The zero-order chi connectivity index (χ0) is 35.6. The van der Waals surface area contributed by atoms with Crippen LogP contribution in [0, 0.1) is 5.82 Å². The number of rotatable bonds is 9. The third-order valence-corrected chi connectivity index (χ3v) is 10.4. The fourth-order valence-corrected chi connectivity index (χ4v) is 7.51. The van der Waals surface area contributed by atoms with Crippen LogP contribution in [0.5, 0.6) is 0 Å². The molecule has 0 saturated carbocycles. The molecule has 5 heterocycles. The molecule has 2 aromatic carbocycles. The van der Waals surface area contributed by atoms with E-state index in [1.54, 1.807) is 23.2 Å². The molecular formula is C36H43FN10O4. The summed E-state index contributed by atoms with van der Waals surface area (Å²) in [6.45, 7) is 5.17. The van der Waals surface area contributed by atoms with Gasteiger partial charge in [0.25, 0.3) is 5.91 Å². The normalized spacial score (nSPS) is 20.6. The number of benzene rings is 2. The highest BCUT2D eigenvalue weighted by Gasteiger charge is 2.35. The van der Waals surface area contributed by atoms with Crippen LogP contribution < -0.4 is 26.2 Å². The van der Waals surface area contributed by atoms with E-state index in [4.69, 9.17) is 10.7 Å². The first-order valence-corrected chi connectivity index (χ1v) is 17.6. The molecule has 3 aromatic rings. The van der Waals surface area contributed by atoms with Crippen LogP contribution in [0.15, 0.2) is 48.7 Å². The number of nitrogens with two attached hydrogens (primary N) is 1. The average Bonchev–Trinajstić information content (AvgIpc) is 3.47. The van der Waals surface area contributed by atoms with E-state index in [0.717, 1.165) is 57.5 Å². The zero-order valence-corrected chi connectivity index (χ0v) is 28.7. The Bertz CT molecular complexity index is 1820. The number of anilines is 4. The molecule has 4 aliphatic rings. The van der Waals surface area contributed by atoms with E-state index in [1.165, 1.54) is 16.5 Å². The Morgan fingerprint density at radius 2 is 1.78 bits per heavy atom. The molecule has 7 rings (SSSR count). The number of piperidine rings is 2. The molecule has 0 radical (unpaired) electrons. The molecule has 4 fully saturated rings. The third-order valence-electron chi connectivity index (χ3n) is 10.4. The van der Waals surface area contributed by atoms with Crippen LogP contribution in [-0.4, -0.2) is 107 Å². The second kappa shape index (κ2) is 14.5. The molecule has 0 unspecified atom stereocenters. The smallest absolute Gasteiger partial charge is 0.328 e. The number of nitrogens with one attached hydrogen (secondary N) is 2. The summed E-state index contributed by atoms with van der Waals surface area (Å²) in [5.41, 5.74) is 8.68. The van der Waals surface area contributed by atoms with Crippen molar-refractivity contribution in [1.29, 1.82) is 0 Å². The Kier molecular flexibility index (Phi) is 9.71. The number of urea groups is 2. The van der Waals surface area contributed by atoms with Gasteiger partial charge in [-0.05, 0) is 74.5 Å². The molecule has 4 N–H and O–H groups in total. The van der Waals surface area contributed by atoms with E-state index in [0.29, 0.717) is 42.6 Å². The van der Waals surface area contributed by atoms with Crippen LogP contribution in [0.3, 0.4) is 0 Å². The summed E-state index contributed by atoms with van der Waals surface area (Å²) < 4.78 is 15.1. The highest BCUT2D eigenvalue weighted by atomic mass is 19.1. The lowest BCUT2D eigenvalue weighted by atomic mass is 9.89. The summed E-state index contributed by atoms with van der Waals surface area (Å²) in [7, 11) is 1.82. The van der Waals surface area contributed by atoms with Crippen molar-refractivity contribution in [3.63, 3.8) is 0 Å². The van der Waals surface area contributed by atoms with Gasteiger partial charge in [0.1, 0.15) is 11.6 Å². The number of carbonyl (C=O) groups excluding carboxylic acids is 4. The first-order valence-electron chi connectivity index (χ1n) is 17.6. The monoisotopic (exact) mass is 698 g/mol.